The summed E-state index contributed by atoms with van der Waals surface area (Å²) in [6.07, 6.45) is 2.52. The maximum atomic E-state index is 11.1. The van der Waals surface area contributed by atoms with Gasteiger partial charge in [0.05, 0.1) is 6.10 Å². The van der Waals surface area contributed by atoms with Crippen LogP contribution in [0.3, 0.4) is 0 Å². The molecule has 2 N–H and O–H groups in total. The molecule has 19 heavy (non-hydrogen) atoms. The molecule has 106 valence electrons. The number of carbonyl (C=O) groups is 1. The number of hydrogen-bond donors (Lipinski definition) is 2. The van der Waals surface area contributed by atoms with Crippen molar-refractivity contribution in [1.29, 1.82) is 0 Å². The molecule has 1 rings (SSSR count). The van der Waals surface area contributed by atoms with E-state index in [9.17, 15) is 4.79 Å². The highest BCUT2D eigenvalue weighted by molar-refractivity contribution is 5.77. The smallest absolute Gasteiger partial charge is 0.326 e. The van der Waals surface area contributed by atoms with Crippen molar-refractivity contribution >= 4 is 11.7 Å². The van der Waals surface area contributed by atoms with Crippen molar-refractivity contribution in [1.82, 2.24) is 0 Å². The molecule has 0 amide bonds. The lowest BCUT2D eigenvalue weighted by Crippen LogP contribution is -2.28. The van der Waals surface area contributed by atoms with Gasteiger partial charge in [0.2, 0.25) is 0 Å². The second-order valence-corrected chi connectivity index (χ2v) is 4.69. The number of carboxylic acids is 1. The number of ether oxygens (including phenoxy) is 1. The highest BCUT2D eigenvalue weighted by Gasteiger charge is 2.15. The first-order valence-electron chi connectivity index (χ1n) is 6.82. The van der Waals surface area contributed by atoms with Gasteiger partial charge in [0, 0.05) is 11.8 Å². The summed E-state index contributed by atoms with van der Waals surface area (Å²) >= 11 is 0. The molecule has 0 aliphatic carbocycles. The van der Waals surface area contributed by atoms with Crippen molar-refractivity contribution in [2.75, 3.05) is 5.32 Å². The fourth-order valence-corrected chi connectivity index (χ4v) is 1.72. The average molecular weight is 265 g/mol. The molecule has 1 aromatic carbocycles. The molecule has 0 saturated carbocycles. The molecule has 0 aromatic heterocycles. The van der Waals surface area contributed by atoms with Crippen molar-refractivity contribution in [3.05, 3.63) is 24.3 Å². The summed E-state index contributed by atoms with van der Waals surface area (Å²) in [4.78, 5) is 11.1. The Bertz CT molecular complexity index is 406. The lowest BCUT2D eigenvalue weighted by molar-refractivity contribution is -0.138. The Hall–Kier alpha value is -1.71. The number of hydrogen-bond acceptors (Lipinski definition) is 3. The zero-order chi connectivity index (χ0) is 14.3. The van der Waals surface area contributed by atoms with Gasteiger partial charge in [-0.15, -0.1) is 0 Å². The molecule has 0 aliphatic rings. The molecule has 2 atom stereocenters. The van der Waals surface area contributed by atoms with Crippen LogP contribution in [0.2, 0.25) is 0 Å². The van der Waals surface area contributed by atoms with Crippen LogP contribution in [0.5, 0.6) is 5.75 Å². The first-order valence-corrected chi connectivity index (χ1v) is 6.82. The Kier molecular flexibility index (Phi) is 6.19. The van der Waals surface area contributed by atoms with Crippen LogP contribution in [0.1, 0.15) is 40.0 Å². The fourth-order valence-electron chi connectivity index (χ4n) is 1.72. The Morgan fingerprint density at radius 2 is 2.16 bits per heavy atom. The van der Waals surface area contributed by atoms with Crippen LogP contribution in [-0.2, 0) is 4.79 Å². The third-order valence-corrected chi connectivity index (χ3v) is 2.96. The third-order valence-electron chi connectivity index (χ3n) is 2.96. The SMILES string of the molecule is CCCC(Nc1cccc(OC(C)CC)c1)C(=O)O. The molecule has 0 fully saturated rings. The molecule has 0 bridgehead atoms. The molecule has 0 radical (unpaired) electrons. The second kappa shape index (κ2) is 7.67. The minimum absolute atomic E-state index is 0.154. The minimum Gasteiger partial charge on any atom is -0.491 e. The molecular formula is C15H23NO3. The van der Waals surface area contributed by atoms with Crippen molar-refractivity contribution < 1.29 is 14.6 Å². The van der Waals surface area contributed by atoms with Crippen LogP contribution in [0.15, 0.2) is 24.3 Å². The van der Waals surface area contributed by atoms with Crippen molar-refractivity contribution in [2.24, 2.45) is 0 Å². The summed E-state index contributed by atoms with van der Waals surface area (Å²) in [5.74, 6) is -0.0601. The van der Waals surface area contributed by atoms with Gasteiger partial charge in [0.1, 0.15) is 11.8 Å². The van der Waals surface area contributed by atoms with Crippen LogP contribution in [0.4, 0.5) is 5.69 Å². The van der Waals surface area contributed by atoms with Gasteiger partial charge in [-0.2, -0.15) is 0 Å². The Balaban J connectivity index is 2.72. The van der Waals surface area contributed by atoms with Gasteiger partial charge >= 0.3 is 5.97 Å². The maximum Gasteiger partial charge on any atom is 0.326 e. The molecule has 0 heterocycles. The first kappa shape index (κ1) is 15.3. The summed E-state index contributed by atoms with van der Waals surface area (Å²) in [5, 5.41) is 12.2. The van der Waals surface area contributed by atoms with E-state index in [0.717, 1.165) is 24.3 Å². The summed E-state index contributed by atoms with van der Waals surface area (Å²) in [6.45, 7) is 6.05. The monoisotopic (exact) mass is 265 g/mol. The van der Waals surface area contributed by atoms with Gasteiger partial charge < -0.3 is 15.2 Å². The molecule has 0 saturated heterocycles. The minimum atomic E-state index is -0.824. The Labute approximate surface area is 114 Å². The van der Waals surface area contributed by atoms with E-state index in [2.05, 4.69) is 12.2 Å². The predicted octanol–water partition coefficient (Wildman–Crippen LogP) is 3.53. The molecule has 0 aliphatic heterocycles. The van der Waals surface area contributed by atoms with Crippen LogP contribution < -0.4 is 10.1 Å². The lowest BCUT2D eigenvalue weighted by Gasteiger charge is -2.17. The van der Waals surface area contributed by atoms with E-state index in [-0.39, 0.29) is 6.10 Å². The number of nitrogens with one attached hydrogen (secondary N) is 1. The predicted molar refractivity (Wildman–Crippen MR) is 76.8 cm³/mol. The molecule has 4 heteroatoms. The normalized spacial score (nSPS) is 13.6. The maximum absolute atomic E-state index is 11.1. The highest BCUT2D eigenvalue weighted by atomic mass is 16.5. The summed E-state index contributed by atoms with van der Waals surface area (Å²) < 4.78 is 5.72. The molecule has 0 spiro atoms. The molecule has 4 nitrogen and oxygen atoms in total. The van der Waals surface area contributed by atoms with Gasteiger partial charge in [0.25, 0.3) is 0 Å². The van der Waals surface area contributed by atoms with E-state index >= 15 is 0 Å². The summed E-state index contributed by atoms with van der Waals surface area (Å²) in [5.41, 5.74) is 0.779. The van der Waals surface area contributed by atoms with Crippen LogP contribution in [0, 0.1) is 0 Å². The first-order chi connectivity index (χ1) is 9.06. The van der Waals surface area contributed by atoms with E-state index in [4.69, 9.17) is 9.84 Å². The quantitative estimate of drug-likeness (QED) is 0.755. The molecular weight excluding hydrogens is 242 g/mol. The average Bonchev–Trinajstić information content (AvgIpc) is 2.38. The van der Waals surface area contributed by atoms with E-state index in [1.165, 1.54) is 0 Å². The topological polar surface area (TPSA) is 58.6 Å². The molecule has 2 unspecified atom stereocenters. The van der Waals surface area contributed by atoms with Crippen LogP contribution >= 0.6 is 0 Å². The number of rotatable bonds is 8. The number of aliphatic carboxylic acids is 1. The van der Waals surface area contributed by atoms with Gasteiger partial charge in [0.15, 0.2) is 0 Å². The van der Waals surface area contributed by atoms with Gasteiger partial charge in [-0.25, -0.2) is 4.79 Å². The van der Waals surface area contributed by atoms with Crippen molar-refractivity contribution in [3.63, 3.8) is 0 Å². The number of carboxylic acid groups (broad SMARTS) is 1. The number of anilines is 1. The van der Waals surface area contributed by atoms with Crippen LogP contribution in [-0.4, -0.2) is 23.2 Å². The van der Waals surface area contributed by atoms with Crippen LogP contribution in [0.25, 0.3) is 0 Å². The fraction of sp³-hybridized carbons (Fsp3) is 0.533. The zero-order valence-electron chi connectivity index (χ0n) is 11.8. The number of benzene rings is 1. The van der Waals surface area contributed by atoms with E-state index in [1.807, 2.05) is 38.1 Å². The summed E-state index contributed by atoms with van der Waals surface area (Å²) in [7, 11) is 0. The Morgan fingerprint density at radius 1 is 1.42 bits per heavy atom. The van der Waals surface area contributed by atoms with E-state index < -0.39 is 12.0 Å². The van der Waals surface area contributed by atoms with Gasteiger partial charge in [-0.1, -0.05) is 26.3 Å². The van der Waals surface area contributed by atoms with Crippen molar-refractivity contribution in [2.45, 2.75) is 52.2 Å². The zero-order valence-corrected chi connectivity index (χ0v) is 11.8. The Morgan fingerprint density at radius 3 is 2.74 bits per heavy atom. The second-order valence-electron chi connectivity index (χ2n) is 4.69. The standard InChI is InChI=1S/C15H23NO3/c1-4-7-14(15(17)18)16-12-8-6-9-13(10-12)19-11(3)5-2/h6,8-11,14,16H,4-5,7H2,1-3H3,(H,17,18). The van der Waals surface area contributed by atoms with E-state index in [0.29, 0.717) is 6.42 Å². The van der Waals surface area contributed by atoms with Gasteiger partial charge in [-0.05, 0) is 31.9 Å². The van der Waals surface area contributed by atoms with E-state index in [1.54, 1.807) is 0 Å². The lowest BCUT2D eigenvalue weighted by atomic mass is 10.1. The van der Waals surface area contributed by atoms with Gasteiger partial charge in [-0.3, -0.25) is 0 Å². The molecule has 1 aromatic rings. The largest absolute Gasteiger partial charge is 0.491 e. The third kappa shape index (κ3) is 5.20. The highest BCUT2D eigenvalue weighted by Crippen LogP contribution is 2.20. The summed E-state index contributed by atoms with van der Waals surface area (Å²) in [6, 6.07) is 6.90. The van der Waals surface area contributed by atoms with Crippen molar-refractivity contribution in [3.8, 4) is 5.75 Å².